The number of nitrogens with zero attached hydrogens (tertiary/aromatic N) is 4. The first-order valence-corrected chi connectivity index (χ1v) is 7.17. The van der Waals surface area contributed by atoms with Gasteiger partial charge in [0.2, 0.25) is 0 Å². The first-order chi connectivity index (χ1) is 9.79. The van der Waals surface area contributed by atoms with Crippen LogP contribution in [0.3, 0.4) is 0 Å². The molecule has 7 heteroatoms. The first kappa shape index (κ1) is 12.0. The Balaban J connectivity index is 1.54. The predicted molar refractivity (Wildman–Crippen MR) is 73.4 cm³/mol. The van der Waals surface area contributed by atoms with Crippen molar-refractivity contribution in [2.45, 2.75) is 25.4 Å². The number of piperidine rings is 1. The summed E-state index contributed by atoms with van der Waals surface area (Å²) in [5.41, 5.74) is 0.706. The Kier molecular flexibility index (Phi) is 2.82. The Hall–Kier alpha value is -1.73. The standard InChI is InChI=1S/C13H18N6O/c20-12-4-10(17-13-15-8-16-19(12)13)6-18-5-9-2-1-3-14-11(9)7-18/h4,8-9,11,14H,1-3,5-7H2,(H,15,16,17). The van der Waals surface area contributed by atoms with Crippen molar-refractivity contribution in [3.8, 4) is 0 Å². The molecule has 0 aromatic carbocycles. The average Bonchev–Trinajstić information content (AvgIpc) is 3.04. The van der Waals surface area contributed by atoms with Gasteiger partial charge < -0.3 is 5.32 Å². The highest BCUT2D eigenvalue weighted by Gasteiger charge is 2.34. The number of hydrogen-bond donors (Lipinski definition) is 2. The molecule has 0 bridgehead atoms. The van der Waals surface area contributed by atoms with Crippen molar-refractivity contribution in [3.05, 3.63) is 28.4 Å². The van der Waals surface area contributed by atoms with Gasteiger partial charge in [-0.05, 0) is 25.3 Å². The molecule has 0 aliphatic carbocycles. The fraction of sp³-hybridized carbons (Fsp3) is 0.615. The van der Waals surface area contributed by atoms with Crippen LogP contribution in [0.25, 0.3) is 5.78 Å². The minimum Gasteiger partial charge on any atom is -0.312 e. The van der Waals surface area contributed by atoms with Crippen LogP contribution in [0.2, 0.25) is 0 Å². The van der Waals surface area contributed by atoms with Crippen LogP contribution in [0.4, 0.5) is 0 Å². The van der Waals surface area contributed by atoms with Crippen LogP contribution in [-0.2, 0) is 6.54 Å². The van der Waals surface area contributed by atoms with Gasteiger partial charge in [-0.25, -0.2) is 9.97 Å². The van der Waals surface area contributed by atoms with E-state index in [1.165, 1.54) is 23.7 Å². The zero-order valence-electron chi connectivity index (χ0n) is 11.2. The molecular formula is C13H18N6O. The highest BCUT2D eigenvalue weighted by Crippen LogP contribution is 2.25. The molecule has 2 saturated heterocycles. The summed E-state index contributed by atoms with van der Waals surface area (Å²) in [6, 6.07) is 2.21. The Labute approximate surface area is 116 Å². The maximum absolute atomic E-state index is 11.9. The summed E-state index contributed by atoms with van der Waals surface area (Å²) < 4.78 is 1.36. The number of aromatic nitrogens is 4. The van der Waals surface area contributed by atoms with E-state index in [0.29, 0.717) is 11.8 Å². The van der Waals surface area contributed by atoms with Gasteiger partial charge in [0.15, 0.2) is 0 Å². The quantitative estimate of drug-likeness (QED) is 0.779. The van der Waals surface area contributed by atoms with E-state index in [2.05, 4.69) is 25.3 Å². The molecule has 20 heavy (non-hydrogen) atoms. The van der Waals surface area contributed by atoms with Crippen LogP contribution in [0.1, 0.15) is 18.5 Å². The number of nitrogens with one attached hydrogen (secondary N) is 2. The number of fused-ring (bicyclic) bond motifs is 2. The molecular weight excluding hydrogens is 256 g/mol. The normalized spacial score (nSPS) is 27.0. The van der Waals surface area contributed by atoms with Gasteiger partial charge in [-0.2, -0.15) is 4.52 Å². The SMILES string of the molecule is O=c1cc(CN2CC3CCCNC3C2)nc2nc[nH]n12. The van der Waals surface area contributed by atoms with E-state index < -0.39 is 0 Å². The third-order valence-electron chi connectivity index (χ3n) is 4.38. The molecule has 4 heterocycles. The van der Waals surface area contributed by atoms with Crippen molar-refractivity contribution in [2.75, 3.05) is 19.6 Å². The van der Waals surface area contributed by atoms with Crippen molar-refractivity contribution in [3.63, 3.8) is 0 Å². The van der Waals surface area contributed by atoms with Crippen molar-refractivity contribution in [2.24, 2.45) is 5.92 Å². The third-order valence-corrected chi connectivity index (χ3v) is 4.38. The molecule has 2 unspecified atom stereocenters. The summed E-state index contributed by atoms with van der Waals surface area (Å²) in [7, 11) is 0. The second-order valence-corrected chi connectivity index (χ2v) is 5.77. The van der Waals surface area contributed by atoms with Crippen LogP contribution in [0.5, 0.6) is 0 Å². The van der Waals surface area contributed by atoms with Gasteiger partial charge in [-0.1, -0.05) is 0 Å². The largest absolute Gasteiger partial charge is 0.312 e. The van der Waals surface area contributed by atoms with Crippen LogP contribution in [-0.4, -0.2) is 50.2 Å². The van der Waals surface area contributed by atoms with Gasteiger partial charge in [0.05, 0.1) is 5.69 Å². The van der Waals surface area contributed by atoms with E-state index in [1.807, 2.05) is 0 Å². The third kappa shape index (κ3) is 2.03. The van der Waals surface area contributed by atoms with Crippen molar-refractivity contribution in [1.29, 1.82) is 0 Å². The molecule has 2 N–H and O–H groups in total. The summed E-state index contributed by atoms with van der Waals surface area (Å²) in [6.07, 6.45) is 4.07. The van der Waals surface area contributed by atoms with E-state index in [-0.39, 0.29) is 5.56 Å². The molecule has 2 aliphatic rings. The molecule has 106 valence electrons. The molecule has 7 nitrogen and oxygen atoms in total. The number of rotatable bonds is 2. The Morgan fingerprint density at radius 3 is 3.25 bits per heavy atom. The maximum Gasteiger partial charge on any atom is 0.274 e. The first-order valence-electron chi connectivity index (χ1n) is 7.17. The van der Waals surface area contributed by atoms with E-state index >= 15 is 0 Å². The molecule has 0 spiro atoms. The van der Waals surface area contributed by atoms with Crippen molar-refractivity contribution < 1.29 is 0 Å². The van der Waals surface area contributed by atoms with Gasteiger partial charge in [-0.3, -0.25) is 14.8 Å². The number of aromatic amines is 1. The molecule has 4 rings (SSSR count). The average molecular weight is 274 g/mol. The topological polar surface area (TPSA) is 78.3 Å². The van der Waals surface area contributed by atoms with Crippen LogP contribution in [0.15, 0.2) is 17.2 Å². The molecule has 2 atom stereocenters. The lowest BCUT2D eigenvalue weighted by Crippen LogP contribution is -2.40. The van der Waals surface area contributed by atoms with Crippen molar-refractivity contribution >= 4 is 5.78 Å². The number of H-pyrrole nitrogens is 1. The van der Waals surface area contributed by atoms with Gasteiger partial charge in [0, 0.05) is 31.7 Å². The zero-order chi connectivity index (χ0) is 13.5. The van der Waals surface area contributed by atoms with Gasteiger partial charge in [0.25, 0.3) is 11.3 Å². The predicted octanol–water partition coefficient (Wildman–Crippen LogP) is -0.399. The molecule has 2 aromatic heterocycles. The van der Waals surface area contributed by atoms with Gasteiger partial charge in [0.1, 0.15) is 6.33 Å². The Bertz CT molecular complexity index is 663. The Morgan fingerprint density at radius 2 is 2.35 bits per heavy atom. The zero-order valence-corrected chi connectivity index (χ0v) is 11.2. The van der Waals surface area contributed by atoms with E-state index in [9.17, 15) is 4.79 Å². The number of likely N-dealkylation sites (tertiary alicyclic amines) is 1. The minimum atomic E-state index is -0.0998. The van der Waals surface area contributed by atoms with Crippen LogP contribution < -0.4 is 10.9 Å². The highest BCUT2D eigenvalue weighted by molar-refractivity contribution is 5.26. The Morgan fingerprint density at radius 1 is 1.40 bits per heavy atom. The summed E-state index contributed by atoms with van der Waals surface area (Å²) in [4.78, 5) is 22.8. The fourth-order valence-electron chi connectivity index (χ4n) is 3.44. The molecule has 2 aromatic rings. The van der Waals surface area contributed by atoms with Gasteiger partial charge in [-0.15, -0.1) is 0 Å². The summed E-state index contributed by atoms with van der Waals surface area (Å²) in [6.45, 7) is 4.01. The van der Waals surface area contributed by atoms with Crippen LogP contribution >= 0.6 is 0 Å². The van der Waals surface area contributed by atoms with Crippen LogP contribution in [0, 0.1) is 5.92 Å². The fourth-order valence-corrected chi connectivity index (χ4v) is 3.44. The summed E-state index contributed by atoms with van der Waals surface area (Å²) in [5, 5.41) is 6.34. The lowest BCUT2D eigenvalue weighted by atomic mass is 9.94. The lowest BCUT2D eigenvalue weighted by Gasteiger charge is -2.24. The summed E-state index contributed by atoms with van der Waals surface area (Å²) in [5.74, 6) is 1.20. The highest BCUT2D eigenvalue weighted by atomic mass is 16.1. The monoisotopic (exact) mass is 274 g/mol. The summed E-state index contributed by atoms with van der Waals surface area (Å²) >= 11 is 0. The van der Waals surface area contributed by atoms with E-state index in [4.69, 9.17) is 0 Å². The van der Waals surface area contributed by atoms with E-state index in [0.717, 1.165) is 37.8 Å². The smallest absolute Gasteiger partial charge is 0.274 e. The van der Waals surface area contributed by atoms with Gasteiger partial charge >= 0.3 is 0 Å². The maximum atomic E-state index is 11.9. The molecule has 0 saturated carbocycles. The molecule has 0 radical (unpaired) electrons. The number of hydrogen-bond acceptors (Lipinski definition) is 5. The lowest BCUT2D eigenvalue weighted by molar-refractivity contribution is 0.309. The molecule has 2 fully saturated rings. The molecule has 0 amide bonds. The second-order valence-electron chi connectivity index (χ2n) is 5.77. The second kappa shape index (κ2) is 4.68. The molecule has 2 aliphatic heterocycles. The minimum absolute atomic E-state index is 0.0998. The van der Waals surface area contributed by atoms with E-state index in [1.54, 1.807) is 6.07 Å². The van der Waals surface area contributed by atoms with Crippen molar-refractivity contribution in [1.82, 2.24) is 29.8 Å².